The molecule has 15 heavy (non-hydrogen) atoms. The van der Waals surface area contributed by atoms with Crippen molar-refractivity contribution in [3.63, 3.8) is 0 Å². The second kappa shape index (κ2) is 3.51. The molecule has 0 spiro atoms. The highest BCUT2D eigenvalue weighted by atomic mass is 16.6. The first-order valence-corrected chi connectivity index (χ1v) is 4.57. The zero-order chi connectivity index (χ0) is 11.0. The monoisotopic (exact) mass is 210 g/mol. The Hall–Kier alpha value is -1.62. The lowest BCUT2D eigenvalue weighted by atomic mass is 9.84. The highest BCUT2D eigenvalue weighted by Crippen LogP contribution is 2.41. The van der Waals surface area contributed by atoms with E-state index < -0.39 is 18.2 Å². The van der Waals surface area contributed by atoms with E-state index in [9.17, 15) is 14.7 Å². The van der Waals surface area contributed by atoms with Crippen LogP contribution in [0.25, 0.3) is 0 Å². The quantitative estimate of drug-likeness (QED) is 0.630. The average Bonchev–Trinajstić information content (AvgIpc) is 2.62. The van der Waals surface area contributed by atoms with Crippen molar-refractivity contribution in [2.45, 2.75) is 12.7 Å². The van der Waals surface area contributed by atoms with Crippen LogP contribution in [-0.2, 0) is 14.3 Å². The maximum Gasteiger partial charge on any atom is 0.335 e. The molecule has 80 valence electrons. The van der Waals surface area contributed by atoms with Gasteiger partial charge in [0.05, 0.1) is 17.8 Å². The first-order chi connectivity index (χ1) is 7.15. The summed E-state index contributed by atoms with van der Waals surface area (Å²) in [6.45, 7) is 0. The van der Waals surface area contributed by atoms with Gasteiger partial charge in [0.1, 0.15) is 6.29 Å². The second-order valence-corrected chi connectivity index (χ2v) is 3.59. The molecule has 2 unspecified atom stereocenters. The molecule has 0 bridgehead atoms. The smallest absolute Gasteiger partial charge is 0.335 e. The van der Waals surface area contributed by atoms with Gasteiger partial charge >= 0.3 is 5.97 Å². The summed E-state index contributed by atoms with van der Waals surface area (Å²) < 4.78 is 4.81. The third kappa shape index (κ3) is 1.45. The van der Waals surface area contributed by atoms with Crippen LogP contribution in [0, 0.1) is 11.8 Å². The molecule has 3 atom stereocenters. The largest absolute Gasteiger partial charge is 0.478 e. The van der Waals surface area contributed by atoms with Crippen molar-refractivity contribution in [3.05, 3.63) is 23.5 Å². The van der Waals surface area contributed by atoms with Gasteiger partial charge in [0.2, 0.25) is 6.29 Å². The lowest BCUT2D eigenvalue weighted by Crippen LogP contribution is -2.34. The minimum absolute atomic E-state index is 0.110. The molecule has 0 saturated heterocycles. The Balaban J connectivity index is 2.33. The van der Waals surface area contributed by atoms with Crippen LogP contribution < -0.4 is 0 Å². The minimum Gasteiger partial charge on any atom is -0.478 e. The van der Waals surface area contributed by atoms with Gasteiger partial charge < -0.3 is 14.9 Å². The van der Waals surface area contributed by atoms with Crippen LogP contribution in [-0.4, -0.2) is 28.8 Å². The summed E-state index contributed by atoms with van der Waals surface area (Å²) in [4.78, 5) is 21.5. The summed E-state index contributed by atoms with van der Waals surface area (Å²) >= 11 is 0. The summed E-state index contributed by atoms with van der Waals surface area (Å²) in [5.74, 6) is -1.97. The molecule has 0 aromatic carbocycles. The predicted molar refractivity (Wildman–Crippen MR) is 48.6 cm³/mol. The third-order valence-corrected chi connectivity index (χ3v) is 2.85. The number of aliphatic hydroxyl groups excluding tert-OH is 1. The Morgan fingerprint density at radius 3 is 2.93 bits per heavy atom. The second-order valence-electron chi connectivity index (χ2n) is 3.59. The van der Waals surface area contributed by atoms with Crippen molar-refractivity contribution in [1.82, 2.24) is 0 Å². The molecule has 1 heterocycles. The van der Waals surface area contributed by atoms with E-state index in [4.69, 9.17) is 9.84 Å². The van der Waals surface area contributed by atoms with Gasteiger partial charge in [0, 0.05) is 5.92 Å². The lowest BCUT2D eigenvalue weighted by molar-refractivity contribution is -0.138. The molecule has 5 nitrogen and oxygen atoms in total. The molecule has 1 aliphatic heterocycles. The molecule has 0 amide bonds. The number of ether oxygens (including phenoxy) is 1. The topological polar surface area (TPSA) is 83.8 Å². The number of hydrogen-bond acceptors (Lipinski definition) is 4. The summed E-state index contributed by atoms with van der Waals surface area (Å²) in [6, 6.07) is 0. The molecule has 5 heteroatoms. The minimum atomic E-state index is -1.13. The number of carboxylic acids is 1. The predicted octanol–water partition coefficient (Wildman–Crippen LogP) is 0.0649. The fourth-order valence-electron chi connectivity index (χ4n) is 2.11. The van der Waals surface area contributed by atoms with Crippen molar-refractivity contribution >= 4 is 12.3 Å². The van der Waals surface area contributed by atoms with Crippen LogP contribution in [0.15, 0.2) is 23.5 Å². The Labute approximate surface area is 85.7 Å². The van der Waals surface area contributed by atoms with Gasteiger partial charge in [-0.05, 0) is 12.0 Å². The van der Waals surface area contributed by atoms with Crippen LogP contribution in [0.1, 0.15) is 6.42 Å². The van der Waals surface area contributed by atoms with Gasteiger partial charge in [-0.25, -0.2) is 4.79 Å². The molecule has 2 rings (SSSR count). The number of aldehydes is 1. The average molecular weight is 210 g/mol. The number of carbonyl (C=O) groups excluding carboxylic acids is 1. The van der Waals surface area contributed by atoms with Crippen LogP contribution in [0.4, 0.5) is 0 Å². The van der Waals surface area contributed by atoms with Crippen LogP contribution in [0.3, 0.4) is 0 Å². The van der Waals surface area contributed by atoms with Gasteiger partial charge in [-0.15, -0.1) is 0 Å². The van der Waals surface area contributed by atoms with Gasteiger partial charge in [-0.1, -0.05) is 6.08 Å². The molecule has 0 aromatic rings. The first-order valence-electron chi connectivity index (χ1n) is 4.57. The fraction of sp³-hybridized carbons (Fsp3) is 0.400. The Bertz CT molecular complexity index is 368. The van der Waals surface area contributed by atoms with E-state index in [-0.39, 0.29) is 11.5 Å². The molecule has 0 aromatic heterocycles. The lowest BCUT2D eigenvalue weighted by Gasteiger charge is -2.30. The molecule has 2 aliphatic rings. The Morgan fingerprint density at radius 2 is 2.33 bits per heavy atom. The summed E-state index contributed by atoms with van der Waals surface area (Å²) in [5.41, 5.74) is 0.526. The standard InChI is InChI=1S/C10H10O5/c11-3-5-1-2-6-7(9(12)13)4-15-10(14)8(5)6/h1,3-4,6,8,10,14H,2H2,(H,12,13)/t6?,8-,10?/m1/s1. The molecule has 2 N–H and O–H groups in total. The SMILES string of the molecule is O=CC1=CCC2C(C(=O)O)=COC(O)[C@H]12. The normalized spacial score (nSPS) is 33.5. The molecular formula is C10H10O5. The number of carboxylic acid groups (broad SMARTS) is 1. The van der Waals surface area contributed by atoms with E-state index in [2.05, 4.69) is 0 Å². The van der Waals surface area contributed by atoms with E-state index in [1.54, 1.807) is 6.08 Å². The van der Waals surface area contributed by atoms with Gasteiger partial charge in [-0.2, -0.15) is 0 Å². The Morgan fingerprint density at radius 1 is 1.60 bits per heavy atom. The molecule has 0 saturated carbocycles. The number of fused-ring (bicyclic) bond motifs is 1. The molecule has 0 fully saturated rings. The number of aliphatic hydroxyl groups is 1. The van der Waals surface area contributed by atoms with Gasteiger partial charge in [0.25, 0.3) is 0 Å². The summed E-state index contributed by atoms with van der Waals surface area (Å²) in [7, 11) is 0. The van der Waals surface area contributed by atoms with Crippen molar-refractivity contribution in [3.8, 4) is 0 Å². The van der Waals surface area contributed by atoms with Crippen LogP contribution >= 0.6 is 0 Å². The number of allylic oxidation sites excluding steroid dienone is 1. The van der Waals surface area contributed by atoms with Crippen molar-refractivity contribution in [2.24, 2.45) is 11.8 Å². The zero-order valence-electron chi connectivity index (χ0n) is 7.79. The van der Waals surface area contributed by atoms with E-state index in [1.165, 1.54) is 0 Å². The van der Waals surface area contributed by atoms with E-state index in [0.717, 1.165) is 6.26 Å². The van der Waals surface area contributed by atoms with Gasteiger partial charge in [-0.3, -0.25) is 4.79 Å². The van der Waals surface area contributed by atoms with Crippen LogP contribution in [0.2, 0.25) is 0 Å². The highest BCUT2D eigenvalue weighted by molar-refractivity contribution is 5.88. The maximum atomic E-state index is 10.9. The van der Waals surface area contributed by atoms with Crippen molar-refractivity contribution < 1.29 is 24.5 Å². The summed E-state index contributed by atoms with van der Waals surface area (Å²) in [6.07, 6.45) is 2.68. The number of aliphatic carboxylic acids is 1. The maximum absolute atomic E-state index is 10.9. The Kier molecular flexibility index (Phi) is 2.32. The fourth-order valence-corrected chi connectivity index (χ4v) is 2.11. The molecule has 1 aliphatic carbocycles. The van der Waals surface area contributed by atoms with Gasteiger partial charge in [0.15, 0.2) is 0 Å². The van der Waals surface area contributed by atoms with E-state index in [1.807, 2.05) is 0 Å². The number of carbonyl (C=O) groups is 2. The highest BCUT2D eigenvalue weighted by Gasteiger charge is 2.43. The first kappa shape index (κ1) is 9.92. The zero-order valence-corrected chi connectivity index (χ0v) is 7.79. The van der Waals surface area contributed by atoms with E-state index >= 15 is 0 Å². The van der Waals surface area contributed by atoms with Crippen molar-refractivity contribution in [1.29, 1.82) is 0 Å². The van der Waals surface area contributed by atoms with E-state index in [0.29, 0.717) is 18.3 Å². The third-order valence-electron chi connectivity index (χ3n) is 2.85. The molecule has 0 radical (unpaired) electrons. The number of hydrogen-bond donors (Lipinski definition) is 2. The summed E-state index contributed by atoms with van der Waals surface area (Å²) in [5, 5.41) is 18.4. The molecular weight excluding hydrogens is 200 g/mol. The number of rotatable bonds is 2. The van der Waals surface area contributed by atoms with Crippen molar-refractivity contribution in [2.75, 3.05) is 0 Å². The van der Waals surface area contributed by atoms with Crippen LogP contribution in [0.5, 0.6) is 0 Å².